The normalized spacial score (nSPS) is 26.2. The van der Waals surface area contributed by atoms with Crippen molar-refractivity contribution in [2.45, 2.75) is 23.6 Å². The van der Waals surface area contributed by atoms with Crippen LogP contribution in [0.4, 0.5) is 8.78 Å². The first-order chi connectivity index (χ1) is 11.2. The van der Waals surface area contributed by atoms with Crippen LogP contribution in [0.3, 0.4) is 0 Å². The number of carbonyl (C=O) groups is 2. The van der Waals surface area contributed by atoms with Gasteiger partial charge in [-0.15, -0.1) is 11.8 Å². The van der Waals surface area contributed by atoms with Crippen molar-refractivity contribution in [3.05, 3.63) is 29.0 Å². The summed E-state index contributed by atoms with van der Waals surface area (Å²) in [6.07, 6.45) is 0. The topological polar surface area (TPSA) is 124 Å². The summed E-state index contributed by atoms with van der Waals surface area (Å²) in [4.78, 5) is 24.5. The first kappa shape index (κ1) is 16.5. The average Bonchev–Trinajstić information content (AvgIpc) is 2.54. The van der Waals surface area contributed by atoms with E-state index < -0.39 is 62.9 Å². The Morgan fingerprint density at radius 3 is 2.54 bits per heavy atom. The molecule has 1 amide bonds. The Morgan fingerprint density at radius 2 is 1.96 bits per heavy atom. The molecule has 2 aliphatic rings. The van der Waals surface area contributed by atoms with Crippen LogP contribution in [0.5, 0.6) is 11.5 Å². The molecule has 1 saturated heterocycles. The zero-order valence-corrected chi connectivity index (χ0v) is 13.0. The first-order valence-electron chi connectivity index (χ1n) is 6.78. The van der Waals surface area contributed by atoms with Crippen LogP contribution in [0.1, 0.15) is 12.5 Å². The fraction of sp³-hybridized carbons (Fsp3) is 0.286. The van der Waals surface area contributed by atoms with Gasteiger partial charge in [0.25, 0.3) is 0 Å². The van der Waals surface area contributed by atoms with E-state index in [1.54, 1.807) is 6.92 Å². The summed E-state index contributed by atoms with van der Waals surface area (Å²) in [6.45, 7) is 1.55. The first-order valence-corrected chi connectivity index (χ1v) is 7.73. The summed E-state index contributed by atoms with van der Waals surface area (Å²) in [5, 5.41) is 27.0. The number of phenolic OH excluding ortho intramolecular Hbond substituents is 2. The van der Waals surface area contributed by atoms with Crippen LogP contribution in [-0.4, -0.2) is 48.8 Å². The maximum atomic E-state index is 14.3. The number of rotatable bonds is 2. The summed E-state index contributed by atoms with van der Waals surface area (Å²) in [7, 11) is 0. The van der Waals surface area contributed by atoms with Gasteiger partial charge in [0.2, 0.25) is 5.91 Å². The minimum Gasteiger partial charge on any atom is -0.502 e. The molecular formula is C14H12F2N2O5S. The van der Waals surface area contributed by atoms with Gasteiger partial charge in [-0.2, -0.15) is 0 Å². The Morgan fingerprint density at radius 1 is 1.33 bits per heavy atom. The number of β-lactam (4-membered cyclic amide) rings is 1. The SMILES string of the molecule is CC1S[C@@H]2C(N)C(=O)N2C(C(=O)O)=C1c1cc(F)c(O)c(O)c1F. The number of fused-ring (bicyclic) bond motifs is 1. The number of thioether (sulfide) groups is 1. The second-order valence-corrected chi connectivity index (χ2v) is 6.85. The molecule has 10 heteroatoms. The van der Waals surface area contributed by atoms with Gasteiger partial charge in [-0.05, 0) is 13.0 Å². The fourth-order valence-electron chi connectivity index (χ4n) is 2.83. The Labute approximate surface area is 138 Å². The number of nitrogens with two attached hydrogens (primary N) is 1. The molecule has 7 nitrogen and oxygen atoms in total. The zero-order valence-electron chi connectivity index (χ0n) is 12.2. The molecule has 0 bridgehead atoms. The van der Waals surface area contributed by atoms with Gasteiger partial charge in [-0.1, -0.05) is 0 Å². The highest BCUT2D eigenvalue weighted by Crippen LogP contribution is 2.48. The second kappa shape index (κ2) is 5.35. The van der Waals surface area contributed by atoms with Crippen LogP contribution >= 0.6 is 11.8 Å². The largest absolute Gasteiger partial charge is 0.502 e. The van der Waals surface area contributed by atoms with Gasteiger partial charge >= 0.3 is 5.97 Å². The molecule has 0 radical (unpaired) electrons. The molecule has 0 aliphatic carbocycles. The van der Waals surface area contributed by atoms with Crippen molar-refractivity contribution in [2.24, 2.45) is 5.73 Å². The summed E-state index contributed by atoms with van der Waals surface area (Å²) >= 11 is 1.12. The van der Waals surface area contributed by atoms with Crippen LogP contribution < -0.4 is 5.73 Å². The monoisotopic (exact) mass is 358 g/mol. The van der Waals surface area contributed by atoms with E-state index in [1.165, 1.54) is 0 Å². The van der Waals surface area contributed by atoms with Gasteiger partial charge in [0.15, 0.2) is 23.1 Å². The molecule has 1 aromatic rings. The number of hydrogen-bond acceptors (Lipinski definition) is 6. The van der Waals surface area contributed by atoms with Crippen LogP contribution in [0, 0.1) is 11.6 Å². The highest BCUT2D eigenvalue weighted by atomic mass is 32.2. The highest BCUT2D eigenvalue weighted by molar-refractivity contribution is 8.01. The Balaban J connectivity index is 2.28. The molecule has 2 unspecified atom stereocenters. The molecule has 0 saturated carbocycles. The van der Waals surface area contributed by atoms with Crippen molar-refractivity contribution in [3.8, 4) is 11.5 Å². The van der Waals surface area contributed by atoms with Gasteiger partial charge in [-0.3, -0.25) is 9.69 Å². The summed E-state index contributed by atoms with van der Waals surface area (Å²) < 4.78 is 28.0. The number of hydrogen-bond donors (Lipinski definition) is 4. The third-order valence-electron chi connectivity index (χ3n) is 3.99. The molecule has 0 aromatic heterocycles. The lowest BCUT2D eigenvalue weighted by Crippen LogP contribution is -2.68. The minimum absolute atomic E-state index is 0.171. The Hall–Kier alpha value is -2.33. The number of carboxylic acid groups (broad SMARTS) is 1. The lowest BCUT2D eigenvalue weighted by molar-refractivity contribution is -0.147. The van der Waals surface area contributed by atoms with Crippen LogP contribution in [0.25, 0.3) is 5.57 Å². The maximum absolute atomic E-state index is 14.3. The summed E-state index contributed by atoms with van der Waals surface area (Å²) in [6, 6.07) is -0.285. The molecular weight excluding hydrogens is 346 g/mol. The lowest BCUT2D eigenvalue weighted by Gasteiger charge is -2.49. The molecule has 0 spiro atoms. The number of benzene rings is 1. The summed E-state index contributed by atoms with van der Waals surface area (Å²) in [5.41, 5.74) is 4.43. The molecule has 24 heavy (non-hydrogen) atoms. The van der Waals surface area contributed by atoms with Crippen molar-refractivity contribution in [3.63, 3.8) is 0 Å². The van der Waals surface area contributed by atoms with Crippen molar-refractivity contribution in [1.29, 1.82) is 0 Å². The minimum atomic E-state index is -1.50. The van der Waals surface area contributed by atoms with E-state index in [9.17, 15) is 33.7 Å². The third kappa shape index (κ3) is 2.06. The molecule has 128 valence electrons. The predicted octanol–water partition coefficient (Wildman–Crippen LogP) is 0.803. The quantitative estimate of drug-likeness (QED) is 0.455. The van der Waals surface area contributed by atoms with Crippen LogP contribution in [0.2, 0.25) is 0 Å². The van der Waals surface area contributed by atoms with E-state index in [0.717, 1.165) is 16.7 Å². The van der Waals surface area contributed by atoms with Gasteiger partial charge in [0.1, 0.15) is 17.1 Å². The average molecular weight is 358 g/mol. The molecule has 3 rings (SSSR count). The molecule has 2 heterocycles. The van der Waals surface area contributed by atoms with E-state index in [4.69, 9.17) is 5.73 Å². The number of halogens is 2. The van der Waals surface area contributed by atoms with Crippen LogP contribution in [0.15, 0.2) is 11.8 Å². The molecule has 3 atom stereocenters. The fourth-order valence-corrected chi connectivity index (χ4v) is 4.24. The number of carbonyl (C=O) groups excluding carboxylic acids is 1. The van der Waals surface area contributed by atoms with Gasteiger partial charge in [-0.25, -0.2) is 13.6 Å². The van der Waals surface area contributed by atoms with E-state index >= 15 is 0 Å². The van der Waals surface area contributed by atoms with Crippen molar-refractivity contribution < 1.29 is 33.7 Å². The van der Waals surface area contributed by atoms with E-state index in [2.05, 4.69) is 0 Å². The third-order valence-corrected chi connectivity index (χ3v) is 5.42. The lowest BCUT2D eigenvalue weighted by atomic mass is 9.95. The van der Waals surface area contributed by atoms with E-state index in [1.807, 2.05) is 0 Å². The number of aliphatic carboxylic acids is 1. The molecule has 2 aliphatic heterocycles. The standard InChI is InChI=1S/C14H12F2N2O5S/c1-3-6(4-2-5(15)10(19)11(20)7(4)16)9(14(22)23)18-12(21)8(17)13(18)24-3/h2-3,8,13,19-20H,17H2,1H3,(H,22,23)/t3?,8?,13-/m1/s1. The van der Waals surface area contributed by atoms with E-state index in [-0.39, 0.29) is 5.57 Å². The smallest absolute Gasteiger partial charge is 0.353 e. The number of phenols is 2. The summed E-state index contributed by atoms with van der Waals surface area (Å²) in [5.74, 6) is -7.43. The molecule has 1 fully saturated rings. The van der Waals surface area contributed by atoms with Gasteiger partial charge < -0.3 is 21.1 Å². The highest BCUT2D eigenvalue weighted by Gasteiger charge is 2.54. The second-order valence-electron chi connectivity index (χ2n) is 5.39. The van der Waals surface area contributed by atoms with E-state index in [0.29, 0.717) is 6.07 Å². The van der Waals surface area contributed by atoms with Crippen molar-refractivity contribution in [2.75, 3.05) is 0 Å². The van der Waals surface area contributed by atoms with Crippen molar-refractivity contribution in [1.82, 2.24) is 4.90 Å². The van der Waals surface area contributed by atoms with Crippen molar-refractivity contribution >= 4 is 29.2 Å². The Kier molecular flexibility index (Phi) is 3.68. The Bertz CT molecular complexity index is 813. The molecule has 5 N–H and O–H groups in total. The number of carboxylic acids is 1. The van der Waals surface area contributed by atoms with Gasteiger partial charge in [0, 0.05) is 16.4 Å². The van der Waals surface area contributed by atoms with Gasteiger partial charge in [0.05, 0.1) is 0 Å². The number of nitrogens with zero attached hydrogens (tertiary/aromatic N) is 1. The number of amides is 1. The molecule has 1 aromatic carbocycles. The predicted molar refractivity (Wildman–Crippen MR) is 79.9 cm³/mol. The van der Waals surface area contributed by atoms with Crippen LogP contribution in [-0.2, 0) is 9.59 Å². The number of aromatic hydroxyl groups is 2. The zero-order chi connectivity index (χ0) is 17.9. The maximum Gasteiger partial charge on any atom is 0.353 e.